The lowest BCUT2D eigenvalue weighted by Crippen LogP contribution is -2.06. The number of nitro groups is 2. The highest BCUT2D eigenvalue weighted by Crippen LogP contribution is 2.36. The molecule has 2 aliphatic rings. The van der Waals surface area contributed by atoms with Crippen LogP contribution >= 0.6 is 23.5 Å². The quantitative estimate of drug-likeness (QED) is 0.0769. The van der Waals surface area contributed by atoms with Crippen LogP contribution in [0.25, 0.3) is 0 Å². The van der Waals surface area contributed by atoms with Crippen molar-refractivity contribution in [3.63, 3.8) is 0 Å². The second-order valence-electron chi connectivity index (χ2n) is 14.6. The lowest BCUT2D eigenvalue weighted by atomic mass is 10.0. The lowest BCUT2D eigenvalue weighted by Gasteiger charge is -2.17. The van der Waals surface area contributed by atoms with Gasteiger partial charge in [-0.2, -0.15) is 0 Å². The van der Waals surface area contributed by atoms with Gasteiger partial charge in [-0.3, -0.25) is 20.2 Å². The molecule has 0 saturated heterocycles. The first-order valence-electron chi connectivity index (χ1n) is 17.5. The van der Waals surface area contributed by atoms with Crippen molar-refractivity contribution in [3.05, 3.63) is 173 Å². The minimum atomic E-state index is -0.777. The average molecular weight is 767 g/mol. The minimum absolute atomic E-state index is 0.0733. The normalized spacial score (nSPS) is 11.5. The highest BCUT2D eigenvalue weighted by Gasteiger charge is 2.31. The van der Waals surface area contributed by atoms with Gasteiger partial charge in [-0.05, 0) is 84.9 Å². The molecule has 0 heterocycles. The molecule has 0 spiro atoms. The summed E-state index contributed by atoms with van der Waals surface area (Å²) in [6.45, 7) is 12.7. The molecule has 0 fully saturated rings. The molecule has 0 N–H and O–H groups in total. The Hall–Kier alpha value is -6.60. The van der Waals surface area contributed by atoms with Gasteiger partial charge in [0, 0.05) is 63.8 Å². The summed E-state index contributed by atoms with van der Waals surface area (Å²) in [7, 11) is 0. The van der Waals surface area contributed by atoms with Gasteiger partial charge in [0.1, 0.15) is 11.1 Å². The van der Waals surface area contributed by atoms with E-state index in [0.717, 1.165) is 32.0 Å². The van der Waals surface area contributed by atoms with Crippen LogP contribution in [0.1, 0.15) is 97.2 Å². The fourth-order valence-electron chi connectivity index (χ4n) is 5.50. The lowest BCUT2D eigenvalue weighted by molar-refractivity contribution is -0.422. The zero-order valence-electron chi connectivity index (χ0n) is 31.6. The number of rotatable bonds is 4. The second-order valence-corrected chi connectivity index (χ2v) is 18.4. The molecule has 2 aliphatic carbocycles. The van der Waals surface area contributed by atoms with Gasteiger partial charge < -0.3 is 0 Å². The van der Waals surface area contributed by atoms with E-state index in [1.165, 1.54) is 12.1 Å². The predicted molar refractivity (Wildman–Crippen MR) is 227 cm³/mol. The molecular formula is C48H34N2O4S2. The highest BCUT2D eigenvalue weighted by molar-refractivity contribution is 8.00. The SMILES string of the molecule is CC(C)(C)Sc1ccc2c(c1)C#Cc1cccc(c1)C#Cc1cccc(c1)C#Cc1cc(SC(C)(C)C)ccc1C#Cc1ccc(c([N+](=O)[O-])c1[N+](=O)[O-])C#C2. The first-order chi connectivity index (χ1) is 26.6. The van der Waals surface area contributed by atoms with E-state index in [1.54, 1.807) is 23.5 Å². The highest BCUT2D eigenvalue weighted by atomic mass is 32.2. The molecule has 6 bridgehead atoms. The van der Waals surface area contributed by atoms with E-state index >= 15 is 0 Å². The summed E-state index contributed by atoms with van der Waals surface area (Å²) in [5.41, 5.74) is 3.62. The van der Waals surface area contributed by atoms with Crippen molar-refractivity contribution >= 4 is 34.9 Å². The van der Waals surface area contributed by atoms with Crippen molar-refractivity contribution in [2.45, 2.75) is 60.8 Å². The monoisotopic (exact) mass is 766 g/mol. The van der Waals surface area contributed by atoms with Crippen LogP contribution in [0.3, 0.4) is 0 Å². The Bertz CT molecular complexity index is 2580. The molecule has 0 aromatic heterocycles. The summed E-state index contributed by atoms with van der Waals surface area (Å²) in [5, 5.41) is 25.0. The van der Waals surface area contributed by atoms with Crippen LogP contribution in [0, 0.1) is 79.4 Å². The molecule has 0 aliphatic heterocycles. The Morgan fingerprint density at radius 1 is 0.411 bits per heavy atom. The van der Waals surface area contributed by atoms with Crippen molar-refractivity contribution in [2.24, 2.45) is 0 Å². The molecule has 0 amide bonds. The third-order valence-corrected chi connectivity index (χ3v) is 9.97. The Morgan fingerprint density at radius 3 is 1.05 bits per heavy atom. The maximum absolute atomic E-state index is 12.5. The summed E-state index contributed by atoms with van der Waals surface area (Å²) in [6, 6.07) is 29.4. The largest absolute Gasteiger partial charge is 0.362 e. The van der Waals surface area contributed by atoms with Crippen molar-refractivity contribution < 1.29 is 9.85 Å². The van der Waals surface area contributed by atoms with E-state index in [0.29, 0.717) is 22.3 Å². The van der Waals surface area contributed by atoms with E-state index in [2.05, 4.69) is 101 Å². The molecule has 0 unspecified atom stereocenters. The van der Waals surface area contributed by atoms with Crippen LogP contribution in [0.5, 0.6) is 0 Å². The third-order valence-electron chi connectivity index (χ3n) is 7.77. The second kappa shape index (κ2) is 16.4. The van der Waals surface area contributed by atoms with Crippen LogP contribution in [0.4, 0.5) is 11.4 Å². The molecule has 272 valence electrons. The Morgan fingerprint density at radius 2 is 0.714 bits per heavy atom. The Balaban J connectivity index is 1.60. The van der Waals surface area contributed by atoms with E-state index in [9.17, 15) is 20.2 Å². The van der Waals surface area contributed by atoms with Crippen molar-refractivity contribution in [3.8, 4) is 59.2 Å². The number of nitro benzene ring substituents is 2. The zero-order chi connectivity index (χ0) is 40.0. The molecule has 5 aromatic rings. The molecule has 0 radical (unpaired) electrons. The molecule has 7 rings (SSSR count). The van der Waals surface area contributed by atoms with E-state index in [-0.39, 0.29) is 20.6 Å². The van der Waals surface area contributed by atoms with Crippen molar-refractivity contribution in [1.82, 2.24) is 0 Å². The van der Waals surface area contributed by atoms with Gasteiger partial charge in [0.25, 0.3) is 0 Å². The van der Waals surface area contributed by atoms with Crippen molar-refractivity contribution in [1.29, 1.82) is 0 Å². The topological polar surface area (TPSA) is 86.3 Å². The first-order valence-corrected chi connectivity index (χ1v) is 19.2. The van der Waals surface area contributed by atoms with Gasteiger partial charge >= 0.3 is 11.4 Å². The number of thioether (sulfide) groups is 2. The molecule has 6 nitrogen and oxygen atoms in total. The Labute approximate surface area is 336 Å². The zero-order valence-corrected chi connectivity index (χ0v) is 33.2. The van der Waals surface area contributed by atoms with Crippen LogP contribution in [-0.4, -0.2) is 19.3 Å². The summed E-state index contributed by atoms with van der Waals surface area (Å²) < 4.78 is -0.147. The maximum Gasteiger partial charge on any atom is 0.362 e. The van der Waals surface area contributed by atoms with Gasteiger partial charge in [-0.1, -0.05) is 113 Å². The fourth-order valence-corrected chi connectivity index (χ4v) is 7.54. The molecule has 0 saturated carbocycles. The van der Waals surface area contributed by atoms with Crippen LogP contribution in [-0.2, 0) is 0 Å². The number of hydrogen-bond acceptors (Lipinski definition) is 6. The van der Waals surface area contributed by atoms with E-state index in [1.807, 2.05) is 84.9 Å². The van der Waals surface area contributed by atoms with Gasteiger partial charge in [-0.15, -0.1) is 23.5 Å². The molecule has 56 heavy (non-hydrogen) atoms. The van der Waals surface area contributed by atoms with E-state index < -0.39 is 21.2 Å². The van der Waals surface area contributed by atoms with Crippen molar-refractivity contribution in [2.75, 3.05) is 0 Å². The molecular weight excluding hydrogens is 733 g/mol. The smallest absolute Gasteiger partial charge is 0.258 e. The molecule has 0 atom stereocenters. The van der Waals surface area contributed by atoms with Gasteiger partial charge in [0.2, 0.25) is 0 Å². The first kappa shape index (κ1) is 39.1. The Kier molecular flexibility index (Phi) is 11.5. The van der Waals surface area contributed by atoms with Crippen LogP contribution in [0.2, 0.25) is 0 Å². The average Bonchev–Trinajstić information content (AvgIpc) is 3.13. The van der Waals surface area contributed by atoms with Gasteiger partial charge in [0.15, 0.2) is 0 Å². The standard InChI is InChI=1S/C48H34N2O4S2/c1-47(2,3)55-43-27-25-37-19-21-39-23-24-40(46(50(53)54)45(39)49(51)52)22-20-38-26-28-44(56-48(4,5)6)32-42(38)18-16-36-12-8-10-34(30-36)14-13-33-9-7-11-35(29-33)15-17-41(37)31-43/h7-12,23-32H,1-6H3. The number of fused-ring (bicyclic) bond motifs is 2. The number of hydrogen-bond donors (Lipinski definition) is 0. The summed E-state index contributed by atoms with van der Waals surface area (Å²) in [4.78, 5) is 25.4. The van der Waals surface area contributed by atoms with Crippen LogP contribution in [0.15, 0.2) is 107 Å². The number of benzene rings is 5. The number of nitrogens with zero attached hydrogens (tertiary/aromatic N) is 2. The van der Waals surface area contributed by atoms with E-state index in [4.69, 9.17) is 0 Å². The molecule has 8 heteroatoms. The summed E-state index contributed by atoms with van der Waals surface area (Å²) >= 11 is 3.34. The summed E-state index contributed by atoms with van der Waals surface area (Å²) in [5.74, 6) is 31.2. The maximum atomic E-state index is 12.5. The molecule has 5 aromatic carbocycles. The predicted octanol–water partition coefficient (Wildman–Crippen LogP) is 10.6. The van der Waals surface area contributed by atoms with Crippen LogP contribution < -0.4 is 0 Å². The van der Waals surface area contributed by atoms with Gasteiger partial charge in [-0.25, -0.2) is 0 Å². The van der Waals surface area contributed by atoms with Gasteiger partial charge in [0.05, 0.1) is 9.85 Å². The fraction of sp³-hybridized carbons (Fsp3) is 0.167. The summed E-state index contributed by atoms with van der Waals surface area (Å²) in [6.07, 6.45) is 0. The third kappa shape index (κ3) is 10.3. The minimum Gasteiger partial charge on any atom is -0.258 e.